The molecule has 29 heavy (non-hydrogen) atoms. The third kappa shape index (κ3) is 3.90. The molecular weight excluding hydrogens is 378 g/mol. The van der Waals surface area contributed by atoms with Gasteiger partial charge in [-0.3, -0.25) is 4.79 Å². The van der Waals surface area contributed by atoms with E-state index in [1.807, 2.05) is 36.2 Å². The third-order valence-corrected chi connectivity index (χ3v) is 6.71. The molecule has 3 aromatic rings. The summed E-state index contributed by atoms with van der Waals surface area (Å²) in [7, 11) is 0. The Morgan fingerprint density at radius 1 is 1.07 bits per heavy atom. The summed E-state index contributed by atoms with van der Waals surface area (Å²) in [4.78, 5) is 16.2. The molecule has 5 rings (SSSR count). The largest absolute Gasteiger partial charge is 0.492 e. The number of rotatable bonds is 4. The van der Waals surface area contributed by atoms with E-state index < -0.39 is 0 Å². The van der Waals surface area contributed by atoms with Gasteiger partial charge in [0.1, 0.15) is 5.75 Å². The molecule has 3 nitrogen and oxygen atoms in total. The Bertz CT molecular complexity index is 1080. The van der Waals surface area contributed by atoms with Gasteiger partial charge in [-0.25, -0.2) is 0 Å². The van der Waals surface area contributed by atoms with E-state index in [0.29, 0.717) is 5.92 Å². The molecule has 1 unspecified atom stereocenters. The zero-order valence-corrected chi connectivity index (χ0v) is 17.0. The van der Waals surface area contributed by atoms with Gasteiger partial charge in [0.15, 0.2) is 5.78 Å². The highest BCUT2D eigenvalue weighted by molar-refractivity contribution is 7.99. The van der Waals surface area contributed by atoms with Crippen molar-refractivity contribution in [3.05, 3.63) is 84.1 Å². The molecule has 1 fully saturated rings. The standard InChI is InChI=1S/C25H23NO2S/c27-23(9-11-26-10-8-21(17-26)18-4-2-1-3-5-18)20-7-6-19-16-25-24(15-22(19)14-20)28-12-13-29-25/h1-7,9,11,14-16,21H,8,10,12-13,17H2/b11-9+. The van der Waals surface area contributed by atoms with Crippen molar-refractivity contribution >= 4 is 28.3 Å². The molecular formula is C25H23NO2S. The topological polar surface area (TPSA) is 29.5 Å². The predicted octanol–water partition coefficient (Wildman–Crippen LogP) is 5.51. The summed E-state index contributed by atoms with van der Waals surface area (Å²) in [5, 5.41) is 2.20. The maximum absolute atomic E-state index is 12.7. The van der Waals surface area contributed by atoms with Crippen molar-refractivity contribution in [2.24, 2.45) is 0 Å². The minimum absolute atomic E-state index is 0.0445. The van der Waals surface area contributed by atoms with E-state index in [-0.39, 0.29) is 5.78 Å². The summed E-state index contributed by atoms with van der Waals surface area (Å²) in [5.41, 5.74) is 2.10. The molecule has 4 heteroatoms. The van der Waals surface area contributed by atoms with Crippen LogP contribution >= 0.6 is 11.8 Å². The van der Waals surface area contributed by atoms with Gasteiger partial charge in [-0.1, -0.05) is 42.5 Å². The van der Waals surface area contributed by atoms with Gasteiger partial charge in [-0.05, 0) is 41.0 Å². The molecule has 0 radical (unpaired) electrons. The number of carbonyl (C=O) groups is 1. The number of hydrogen-bond acceptors (Lipinski definition) is 4. The molecule has 2 aliphatic heterocycles. The Morgan fingerprint density at radius 3 is 2.86 bits per heavy atom. The summed E-state index contributed by atoms with van der Waals surface area (Å²) in [6.07, 6.45) is 4.79. The lowest BCUT2D eigenvalue weighted by Gasteiger charge is -2.17. The van der Waals surface area contributed by atoms with Crippen LogP contribution in [-0.4, -0.2) is 36.1 Å². The van der Waals surface area contributed by atoms with Gasteiger partial charge < -0.3 is 9.64 Å². The van der Waals surface area contributed by atoms with E-state index in [0.717, 1.165) is 54.0 Å². The molecule has 146 valence electrons. The van der Waals surface area contributed by atoms with Crippen molar-refractivity contribution in [2.45, 2.75) is 17.2 Å². The van der Waals surface area contributed by atoms with Crippen molar-refractivity contribution in [2.75, 3.05) is 25.4 Å². The van der Waals surface area contributed by atoms with Crippen LogP contribution in [0, 0.1) is 0 Å². The normalized spacial score (nSPS) is 18.8. The van der Waals surface area contributed by atoms with Crippen LogP contribution in [0.25, 0.3) is 10.8 Å². The van der Waals surface area contributed by atoms with Crippen LogP contribution in [0.5, 0.6) is 5.75 Å². The summed E-state index contributed by atoms with van der Waals surface area (Å²) in [6.45, 7) is 2.69. The van der Waals surface area contributed by atoms with Crippen LogP contribution in [0.3, 0.4) is 0 Å². The van der Waals surface area contributed by atoms with Gasteiger partial charge in [0.25, 0.3) is 0 Å². The van der Waals surface area contributed by atoms with Crippen molar-refractivity contribution in [1.29, 1.82) is 0 Å². The molecule has 1 saturated heterocycles. The number of nitrogens with zero attached hydrogens (tertiary/aromatic N) is 1. The maximum Gasteiger partial charge on any atom is 0.187 e. The lowest BCUT2D eigenvalue weighted by Crippen LogP contribution is -2.13. The van der Waals surface area contributed by atoms with Gasteiger partial charge in [-0.15, -0.1) is 11.8 Å². The first kappa shape index (κ1) is 18.3. The Balaban J connectivity index is 1.30. The van der Waals surface area contributed by atoms with Crippen molar-refractivity contribution in [1.82, 2.24) is 4.90 Å². The quantitative estimate of drug-likeness (QED) is 0.426. The highest BCUT2D eigenvalue weighted by atomic mass is 32.2. The van der Waals surface area contributed by atoms with Crippen molar-refractivity contribution in [3.63, 3.8) is 0 Å². The fourth-order valence-electron chi connectivity index (χ4n) is 4.13. The average molecular weight is 402 g/mol. The van der Waals surface area contributed by atoms with Crippen LogP contribution in [0.4, 0.5) is 0 Å². The smallest absolute Gasteiger partial charge is 0.187 e. The Hall–Kier alpha value is -2.72. The lowest BCUT2D eigenvalue weighted by molar-refractivity contribution is 0.104. The summed E-state index contributed by atoms with van der Waals surface area (Å²) in [5.74, 6) is 2.50. The fraction of sp³-hybridized carbons (Fsp3) is 0.240. The van der Waals surface area contributed by atoms with Crippen LogP contribution in [0.1, 0.15) is 28.3 Å². The molecule has 0 aromatic heterocycles. The number of carbonyl (C=O) groups excluding carboxylic acids is 1. The van der Waals surface area contributed by atoms with E-state index in [1.165, 1.54) is 10.5 Å². The number of thioether (sulfide) groups is 1. The number of hydrogen-bond donors (Lipinski definition) is 0. The zero-order chi connectivity index (χ0) is 19.6. The predicted molar refractivity (Wildman–Crippen MR) is 119 cm³/mol. The Kier molecular flexibility index (Phi) is 5.03. The molecule has 0 N–H and O–H groups in total. The van der Waals surface area contributed by atoms with Crippen LogP contribution in [0.15, 0.2) is 77.8 Å². The molecule has 2 heterocycles. The Labute approximate surface area is 175 Å². The highest BCUT2D eigenvalue weighted by Crippen LogP contribution is 2.36. The first-order chi connectivity index (χ1) is 14.3. The molecule has 0 amide bonds. The molecule has 0 saturated carbocycles. The molecule has 2 aliphatic rings. The third-order valence-electron chi connectivity index (χ3n) is 5.71. The first-order valence-corrected chi connectivity index (χ1v) is 11.1. The molecule has 3 aromatic carbocycles. The summed E-state index contributed by atoms with van der Waals surface area (Å²) >= 11 is 1.83. The molecule has 1 atom stereocenters. The average Bonchev–Trinajstić information content (AvgIpc) is 3.25. The lowest BCUT2D eigenvalue weighted by atomic mass is 9.99. The minimum atomic E-state index is 0.0445. The summed E-state index contributed by atoms with van der Waals surface area (Å²) in [6, 6.07) is 20.8. The van der Waals surface area contributed by atoms with Crippen LogP contribution < -0.4 is 4.74 Å². The highest BCUT2D eigenvalue weighted by Gasteiger charge is 2.21. The number of fused-ring (bicyclic) bond motifs is 2. The van der Waals surface area contributed by atoms with Crippen molar-refractivity contribution in [3.8, 4) is 5.75 Å². The van der Waals surface area contributed by atoms with Gasteiger partial charge in [0.05, 0.1) is 11.5 Å². The number of benzene rings is 3. The van der Waals surface area contributed by atoms with E-state index >= 15 is 0 Å². The van der Waals surface area contributed by atoms with Crippen LogP contribution in [0.2, 0.25) is 0 Å². The first-order valence-electron chi connectivity index (χ1n) is 10.1. The van der Waals surface area contributed by atoms with Gasteiger partial charge in [-0.2, -0.15) is 0 Å². The number of ether oxygens (including phenoxy) is 1. The Morgan fingerprint density at radius 2 is 1.97 bits per heavy atom. The number of allylic oxidation sites excluding steroid dienone is 1. The SMILES string of the molecule is O=C(/C=C/N1CCC(c2ccccc2)C1)c1ccc2cc3c(cc2c1)OCCS3. The number of likely N-dealkylation sites (tertiary alicyclic amines) is 1. The summed E-state index contributed by atoms with van der Waals surface area (Å²) < 4.78 is 5.77. The van der Waals surface area contributed by atoms with E-state index in [1.54, 1.807) is 6.08 Å². The molecule has 0 spiro atoms. The second kappa shape index (κ2) is 7.96. The fourth-order valence-corrected chi connectivity index (χ4v) is 4.98. The molecule has 0 aliphatic carbocycles. The second-order valence-electron chi connectivity index (χ2n) is 7.63. The van der Waals surface area contributed by atoms with Gasteiger partial charge in [0.2, 0.25) is 0 Å². The van der Waals surface area contributed by atoms with Gasteiger partial charge >= 0.3 is 0 Å². The monoisotopic (exact) mass is 401 g/mol. The van der Waals surface area contributed by atoms with E-state index in [2.05, 4.69) is 47.4 Å². The number of ketones is 1. The maximum atomic E-state index is 12.7. The second-order valence-corrected chi connectivity index (χ2v) is 8.77. The van der Waals surface area contributed by atoms with E-state index in [9.17, 15) is 4.79 Å². The van der Waals surface area contributed by atoms with Gasteiger partial charge in [0, 0.05) is 42.6 Å². The van der Waals surface area contributed by atoms with Crippen molar-refractivity contribution < 1.29 is 9.53 Å². The van der Waals surface area contributed by atoms with E-state index in [4.69, 9.17) is 4.74 Å². The van der Waals surface area contributed by atoms with Crippen LogP contribution in [-0.2, 0) is 0 Å². The molecule has 0 bridgehead atoms. The minimum Gasteiger partial charge on any atom is -0.492 e. The zero-order valence-electron chi connectivity index (χ0n) is 16.2.